The van der Waals surface area contributed by atoms with E-state index in [1.807, 2.05) is 0 Å². The van der Waals surface area contributed by atoms with Gasteiger partial charge in [0, 0.05) is 18.5 Å². The first kappa shape index (κ1) is 14.0. The van der Waals surface area contributed by atoms with Crippen molar-refractivity contribution in [3.05, 3.63) is 27.8 Å². The van der Waals surface area contributed by atoms with E-state index in [0.717, 1.165) is 0 Å². The molecule has 0 saturated carbocycles. The third kappa shape index (κ3) is 2.35. The second kappa shape index (κ2) is 5.67. The van der Waals surface area contributed by atoms with Gasteiger partial charge in [-0.1, -0.05) is 11.6 Å². The van der Waals surface area contributed by atoms with Crippen LogP contribution in [0.1, 0.15) is 0 Å². The monoisotopic (exact) mass is 302 g/mol. The summed E-state index contributed by atoms with van der Waals surface area (Å²) in [5.41, 5.74) is 0.204. The maximum Gasteiger partial charge on any atom is 0.262 e. The third-order valence-electron chi connectivity index (χ3n) is 2.73. The van der Waals surface area contributed by atoms with E-state index in [4.69, 9.17) is 32.7 Å². The van der Waals surface area contributed by atoms with Gasteiger partial charge in [-0.25, -0.2) is 4.98 Å². The van der Waals surface area contributed by atoms with Gasteiger partial charge in [-0.3, -0.25) is 9.36 Å². The Hall–Kier alpha value is -1.46. The predicted molar refractivity (Wildman–Crippen MR) is 74.8 cm³/mol. The van der Waals surface area contributed by atoms with Crippen LogP contribution in [0.15, 0.2) is 17.2 Å². The van der Waals surface area contributed by atoms with E-state index in [0.29, 0.717) is 34.8 Å². The molecule has 0 spiro atoms. The van der Waals surface area contributed by atoms with E-state index in [9.17, 15) is 4.79 Å². The van der Waals surface area contributed by atoms with Gasteiger partial charge >= 0.3 is 0 Å². The van der Waals surface area contributed by atoms with Crippen LogP contribution in [-0.2, 0) is 6.54 Å². The fraction of sp³-hybridized carbons (Fsp3) is 0.333. The van der Waals surface area contributed by atoms with Crippen LogP contribution < -0.4 is 15.0 Å². The minimum absolute atomic E-state index is 0.193. The lowest BCUT2D eigenvalue weighted by Crippen LogP contribution is -2.21. The number of rotatable bonds is 4. The number of nitrogens with zero attached hydrogens (tertiary/aromatic N) is 2. The van der Waals surface area contributed by atoms with E-state index in [1.165, 1.54) is 25.1 Å². The van der Waals surface area contributed by atoms with Crippen molar-refractivity contribution in [3.8, 4) is 11.5 Å². The summed E-state index contributed by atoms with van der Waals surface area (Å²) in [4.78, 5) is 16.5. The molecule has 2 rings (SSSR count). The number of ether oxygens (including phenoxy) is 2. The lowest BCUT2D eigenvalue weighted by atomic mass is 10.2. The van der Waals surface area contributed by atoms with Crippen LogP contribution in [0.3, 0.4) is 0 Å². The Bertz CT molecular complexity index is 670. The summed E-state index contributed by atoms with van der Waals surface area (Å²) in [6, 6.07) is 1.62. The van der Waals surface area contributed by atoms with E-state index >= 15 is 0 Å². The molecule has 0 aliphatic heterocycles. The molecule has 1 heterocycles. The molecule has 0 unspecified atom stereocenters. The highest BCUT2D eigenvalue weighted by atomic mass is 35.5. The van der Waals surface area contributed by atoms with Crippen molar-refractivity contribution in [1.29, 1.82) is 0 Å². The Morgan fingerprint density at radius 2 is 2.11 bits per heavy atom. The quantitative estimate of drug-likeness (QED) is 0.813. The molecule has 0 aliphatic carbocycles. The van der Waals surface area contributed by atoms with Crippen LogP contribution in [0, 0.1) is 0 Å². The highest BCUT2D eigenvalue weighted by Crippen LogP contribution is 2.38. The molecule has 7 heteroatoms. The van der Waals surface area contributed by atoms with Gasteiger partial charge in [-0.2, -0.15) is 0 Å². The van der Waals surface area contributed by atoms with E-state index < -0.39 is 0 Å². The average Bonchev–Trinajstić information content (AvgIpc) is 2.41. The summed E-state index contributed by atoms with van der Waals surface area (Å²) in [6.45, 7) is 0.369. The fourth-order valence-corrected chi connectivity index (χ4v) is 2.35. The molecule has 5 nitrogen and oxygen atoms in total. The standard InChI is InChI=1S/C12H12Cl2N2O3/c1-18-8-5-7-9(10(14)11(8)19-2)12(17)16(4-3-13)6-15-7/h5-6H,3-4H2,1-2H3. The lowest BCUT2D eigenvalue weighted by molar-refractivity contribution is 0.356. The lowest BCUT2D eigenvalue weighted by Gasteiger charge is -2.12. The number of hydrogen-bond donors (Lipinski definition) is 0. The van der Waals surface area contributed by atoms with Crippen LogP contribution in [-0.4, -0.2) is 29.7 Å². The molecule has 0 N–H and O–H groups in total. The number of aryl methyl sites for hydroxylation is 1. The Morgan fingerprint density at radius 3 is 2.68 bits per heavy atom. The molecule has 0 radical (unpaired) electrons. The van der Waals surface area contributed by atoms with Crippen LogP contribution in [0.25, 0.3) is 10.9 Å². The van der Waals surface area contributed by atoms with Gasteiger partial charge in [-0.05, 0) is 0 Å². The SMILES string of the molecule is COc1cc2ncn(CCCl)c(=O)c2c(Cl)c1OC. The van der Waals surface area contributed by atoms with Crippen LogP contribution in [0.2, 0.25) is 5.02 Å². The van der Waals surface area contributed by atoms with Crippen molar-refractivity contribution >= 4 is 34.1 Å². The molecule has 1 aromatic carbocycles. The third-order valence-corrected chi connectivity index (χ3v) is 3.26. The highest BCUT2D eigenvalue weighted by molar-refractivity contribution is 6.37. The molecule has 0 bridgehead atoms. The van der Waals surface area contributed by atoms with Crippen LogP contribution in [0.5, 0.6) is 11.5 Å². The van der Waals surface area contributed by atoms with Crippen molar-refractivity contribution in [1.82, 2.24) is 9.55 Å². The molecular weight excluding hydrogens is 291 g/mol. The number of hydrogen-bond acceptors (Lipinski definition) is 4. The normalized spacial score (nSPS) is 10.7. The van der Waals surface area contributed by atoms with Crippen molar-refractivity contribution in [2.24, 2.45) is 0 Å². The minimum atomic E-state index is -0.253. The maximum absolute atomic E-state index is 12.3. The van der Waals surface area contributed by atoms with Crippen molar-refractivity contribution in [2.75, 3.05) is 20.1 Å². The summed E-state index contributed by atoms with van der Waals surface area (Å²) in [5, 5.41) is 0.491. The largest absolute Gasteiger partial charge is 0.493 e. The smallest absolute Gasteiger partial charge is 0.262 e. The highest BCUT2D eigenvalue weighted by Gasteiger charge is 2.17. The second-order valence-corrected chi connectivity index (χ2v) is 4.51. The topological polar surface area (TPSA) is 53.4 Å². The van der Waals surface area contributed by atoms with Crippen LogP contribution in [0.4, 0.5) is 0 Å². The molecule has 2 aromatic rings. The fourth-order valence-electron chi connectivity index (χ4n) is 1.82. The number of halogens is 2. The van der Waals surface area contributed by atoms with Gasteiger partial charge in [-0.15, -0.1) is 11.6 Å². The summed E-state index contributed by atoms with van der Waals surface area (Å²) >= 11 is 11.9. The summed E-state index contributed by atoms with van der Waals surface area (Å²) in [6.07, 6.45) is 1.44. The van der Waals surface area contributed by atoms with Gasteiger partial charge in [0.15, 0.2) is 11.5 Å². The first-order valence-corrected chi connectivity index (χ1v) is 6.40. The Labute approximate surface area is 119 Å². The zero-order chi connectivity index (χ0) is 14.0. The van der Waals surface area contributed by atoms with Crippen molar-refractivity contribution < 1.29 is 9.47 Å². The molecule has 0 fully saturated rings. The molecule has 102 valence electrons. The minimum Gasteiger partial charge on any atom is -0.493 e. The molecule has 0 atom stereocenters. The Kier molecular flexibility index (Phi) is 4.17. The number of benzene rings is 1. The zero-order valence-electron chi connectivity index (χ0n) is 10.4. The predicted octanol–water partition coefficient (Wildman–Crippen LogP) is 2.31. The van der Waals surface area contributed by atoms with Gasteiger partial charge in [0.25, 0.3) is 5.56 Å². The first-order valence-electron chi connectivity index (χ1n) is 5.49. The van der Waals surface area contributed by atoms with Gasteiger partial charge < -0.3 is 9.47 Å². The van der Waals surface area contributed by atoms with Crippen molar-refractivity contribution in [2.45, 2.75) is 6.54 Å². The molecule has 0 saturated heterocycles. The zero-order valence-corrected chi connectivity index (χ0v) is 12.0. The molecular formula is C12H12Cl2N2O3. The number of fused-ring (bicyclic) bond motifs is 1. The Balaban J connectivity index is 2.82. The number of alkyl halides is 1. The van der Waals surface area contributed by atoms with Crippen LogP contribution >= 0.6 is 23.2 Å². The van der Waals surface area contributed by atoms with E-state index in [-0.39, 0.29) is 10.6 Å². The second-order valence-electron chi connectivity index (χ2n) is 3.75. The van der Waals surface area contributed by atoms with E-state index in [1.54, 1.807) is 6.07 Å². The van der Waals surface area contributed by atoms with Gasteiger partial charge in [0.05, 0.1) is 31.4 Å². The molecule has 1 aromatic heterocycles. The molecule has 0 aliphatic rings. The number of aromatic nitrogens is 2. The molecule has 0 amide bonds. The summed E-state index contributed by atoms with van der Waals surface area (Å²) < 4.78 is 11.7. The Morgan fingerprint density at radius 1 is 1.37 bits per heavy atom. The maximum atomic E-state index is 12.3. The van der Waals surface area contributed by atoms with Gasteiger partial charge in [0.2, 0.25) is 0 Å². The summed E-state index contributed by atoms with van der Waals surface area (Å²) in [7, 11) is 2.96. The van der Waals surface area contributed by atoms with Crippen molar-refractivity contribution in [3.63, 3.8) is 0 Å². The van der Waals surface area contributed by atoms with E-state index in [2.05, 4.69) is 4.98 Å². The number of methoxy groups -OCH3 is 2. The van der Waals surface area contributed by atoms with Gasteiger partial charge in [0.1, 0.15) is 5.02 Å². The molecule has 19 heavy (non-hydrogen) atoms. The first-order chi connectivity index (χ1) is 9.13. The average molecular weight is 303 g/mol. The summed E-state index contributed by atoms with van der Waals surface area (Å²) in [5.74, 6) is 1.07.